The summed E-state index contributed by atoms with van der Waals surface area (Å²) in [5, 5.41) is 14.6. The Hall–Kier alpha value is -2.82. The smallest absolute Gasteiger partial charge is 0.316 e. The van der Waals surface area contributed by atoms with E-state index >= 15 is 0 Å². The van der Waals surface area contributed by atoms with Crippen LogP contribution in [0, 0.1) is 13.8 Å². The first-order valence-electron chi connectivity index (χ1n) is 9.39. The van der Waals surface area contributed by atoms with Crippen molar-refractivity contribution in [3.63, 3.8) is 0 Å². The fourth-order valence-electron chi connectivity index (χ4n) is 2.61. The van der Waals surface area contributed by atoms with Gasteiger partial charge in [-0.2, -0.15) is 10.1 Å². The van der Waals surface area contributed by atoms with Gasteiger partial charge in [0.05, 0.1) is 21.4 Å². The molecular weight excluding hydrogens is 483 g/mol. The van der Waals surface area contributed by atoms with E-state index in [4.69, 9.17) is 44.1 Å². The number of amides is 2. The molecule has 0 saturated carbocycles. The molecule has 170 valence electrons. The van der Waals surface area contributed by atoms with E-state index in [1.165, 1.54) is 6.07 Å². The highest BCUT2D eigenvalue weighted by Gasteiger charge is 2.17. The van der Waals surface area contributed by atoms with Crippen LogP contribution in [0.25, 0.3) is 0 Å². The van der Waals surface area contributed by atoms with E-state index in [0.717, 1.165) is 5.69 Å². The average Bonchev–Trinajstić information content (AvgIpc) is 3.31. The molecule has 10 nitrogen and oxygen atoms in total. The van der Waals surface area contributed by atoms with Crippen LogP contribution < -0.4 is 15.4 Å². The van der Waals surface area contributed by atoms with Crippen molar-refractivity contribution >= 4 is 46.6 Å². The summed E-state index contributed by atoms with van der Waals surface area (Å²) in [6, 6.07) is 4.69. The predicted molar refractivity (Wildman–Crippen MR) is 117 cm³/mol. The van der Waals surface area contributed by atoms with Crippen LogP contribution >= 0.6 is 34.8 Å². The third-order valence-corrected chi connectivity index (χ3v) is 5.31. The fraction of sp³-hybridized carbons (Fsp3) is 0.316. The van der Waals surface area contributed by atoms with E-state index in [-0.39, 0.29) is 43.9 Å². The van der Waals surface area contributed by atoms with Crippen molar-refractivity contribution in [3.05, 3.63) is 56.4 Å². The molecule has 0 aliphatic rings. The largest absolute Gasteiger partial charge is 0.482 e. The molecule has 13 heteroatoms. The topological polar surface area (TPSA) is 124 Å². The molecule has 32 heavy (non-hydrogen) atoms. The number of rotatable bonds is 9. The van der Waals surface area contributed by atoms with Gasteiger partial charge in [0.2, 0.25) is 0 Å². The zero-order valence-corrected chi connectivity index (χ0v) is 19.4. The van der Waals surface area contributed by atoms with Crippen LogP contribution in [0.4, 0.5) is 0 Å². The molecule has 0 bridgehead atoms. The number of aryl methyl sites for hydroxylation is 1. The number of halogens is 3. The zero-order valence-electron chi connectivity index (χ0n) is 17.1. The van der Waals surface area contributed by atoms with E-state index in [1.807, 2.05) is 6.92 Å². The Morgan fingerprint density at radius 2 is 1.91 bits per heavy atom. The van der Waals surface area contributed by atoms with Crippen molar-refractivity contribution in [2.75, 3.05) is 19.7 Å². The average molecular weight is 502 g/mol. The van der Waals surface area contributed by atoms with Crippen molar-refractivity contribution < 1.29 is 18.8 Å². The minimum Gasteiger partial charge on any atom is -0.482 e. The minimum absolute atomic E-state index is 0.150. The lowest BCUT2D eigenvalue weighted by molar-refractivity contribution is -0.123. The molecule has 2 aromatic heterocycles. The Morgan fingerprint density at radius 1 is 1.16 bits per heavy atom. The number of ether oxygens (including phenoxy) is 1. The summed E-state index contributed by atoms with van der Waals surface area (Å²) in [5.41, 5.74) is 1.45. The molecule has 0 aliphatic carbocycles. The Balaban J connectivity index is 1.39. The summed E-state index contributed by atoms with van der Waals surface area (Å²) in [7, 11) is 0. The van der Waals surface area contributed by atoms with Crippen molar-refractivity contribution in [1.29, 1.82) is 0 Å². The van der Waals surface area contributed by atoms with Crippen LogP contribution in [0.2, 0.25) is 15.1 Å². The van der Waals surface area contributed by atoms with Crippen molar-refractivity contribution in [2.45, 2.75) is 20.4 Å². The molecule has 0 radical (unpaired) electrons. The molecule has 0 fully saturated rings. The summed E-state index contributed by atoms with van der Waals surface area (Å²) < 4.78 is 11.9. The van der Waals surface area contributed by atoms with Gasteiger partial charge in [0.15, 0.2) is 12.4 Å². The van der Waals surface area contributed by atoms with Gasteiger partial charge in [0, 0.05) is 18.1 Å². The van der Waals surface area contributed by atoms with E-state index in [2.05, 4.69) is 25.9 Å². The standard InChI is InChI=1S/C19H19Cl3N6O4/c1-10-17(22)11(2)28(26-10)8-15-25-19(32-27-15)18(30)24-6-5-23-16(29)9-31-14-4-3-12(20)7-13(14)21/h3-4,7H,5-6,8-9H2,1-2H3,(H,23,29)(H,24,30). The molecule has 0 spiro atoms. The molecule has 0 unspecified atom stereocenters. The maximum absolute atomic E-state index is 12.1. The molecule has 0 saturated heterocycles. The fourth-order valence-corrected chi connectivity index (χ4v) is 3.21. The highest BCUT2D eigenvalue weighted by molar-refractivity contribution is 6.35. The summed E-state index contributed by atoms with van der Waals surface area (Å²) in [4.78, 5) is 28.1. The Bertz CT molecular complexity index is 1130. The van der Waals surface area contributed by atoms with Gasteiger partial charge in [-0.25, -0.2) is 0 Å². The number of hydrogen-bond acceptors (Lipinski definition) is 7. The molecule has 2 N–H and O–H groups in total. The maximum atomic E-state index is 12.1. The van der Waals surface area contributed by atoms with Crippen LogP contribution in [0.15, 0.2) is 22.7 Å². The molecular formula is C19H19Cl3N6O4. The van der Waals surface area contributed by atoms with Crippen molar-refractivity contribution in [3.8, 4) is 5.75 Å². The number of benzene rings is 1. The summed E-state index contributed by atoms with van der Waals surface area (Å²) in [5.74, 6) is -0.514. The lowest BCUT2D eigenvalue weighted by Gasteiger charge is -2.09. The number of carbonyl (C=O) groups is 2. The third-order valence-electron chi connectivity index (χ3n) is 4.23. The zero-order chi connectivity index (χ0) is 23.3. The number of nitrogens with zero attached hydrogens (tertiary/aromatic N) is 4. The van der Waals surface area contributed by atoms with Gasteiger partial charge in [0.1, 0.15) is 12.3 Å². The van der Waals surface area contributed by atoms with Crippen molar-refractivity contribution in [2.24, 2.45) is 0 Å². The lowest BCUT2D eigenvalue weighted by atomic mass is 10.3. The minimum atomic E-state index is -0.561. The molecule has 3 aromatic rings. The second-order valence-corrected chi connectivity index (χ2v) is 7.85. The molecule has 2 amide bonds. The van der Waals surface area contributed by atoms with Crippen LogP contribution in [-0.2, 0) is 11.3 Å². The maximum Gasteiger partial charge on any atom is 0.316 e. The predicted octanol–water partition coefficient (Wildman–Crippen LogP) is 2.82. The van der Waals surface area contributed by atoms with Gasteiger partial charge < -0.3 is 19.9 Å². The van der Waals surface area contributed by atoms with Gasteiger partial charge in [-0.15, -0.1) is 0 Å². The summed E-state index contributed by atoms with van der Waals surface area (Å²) >= 11 is 17.9. The second kappa shape index (κ2) is 10.7. The number of carbonyl (C=O) groups excluding carboxylic acids is 2. The normalized spacial score (nSPS) is 10.8. The Labute approximate surface area is 198 Å². The van der Waals surface area contributed by atoms with Gasteiger partial charge in [-0.1, -0.05) is 40.0 Å². The van der Waals surface area contributed by atoms with Crippen LogP contribution in [0.3, 0.4) is 0 Å². The highest BCUT2D eigenvalue weighted by Crippen LogP contribution is 2.27. The van der Waals surface area contributed by atoms with Gasteiger partial charge in [0.25, 0.3) is 5.91 Å². The number of aromatic nitrogens is 4. The quantitative estimate of drug-likeness (QED) is 0.432. The van der Waals surface area contributed by atoms with E-state index in [9.17, 15) is 9.59 Å². The Morgan fingerprint density at radius 3 is 2.59 bits per heavy atom. The molecule has 3 rings (SSSR count). The first-order valence-corrected chi connectivity index (χ1v) is 10.5. The summed E-state index contributed by atoms with van der Waals surface area (Å²) in [6.07, 6.45) is 0. The van der Waals surface area contributed by atoms with Gasteiger partial charge in [-0.3, -0.25) is 14.3 Å². The first-order chi connectivity index (χ1) is 15.2. The summed E-state index contributed by atoms with van der Waals surface area (Å²) in [6.45, 7) is 3.91. The highest BCUT2D eigenvalue weighted by atomic mass is 35.5. The first kappa shape index (κ1) is 23.8. The van der Waals surface area contributed by atoms with Crippen LogP contribution in [0.5, 0.6) is 5.75 Å². The molecule has 0 aliphatic heterocycles. The van der Waals surface area contributed by atoms with E-state index in [0.29, 0.717) is 26.5 Å². The molecule has 1 aromatic carbocycles. The molecule has 2 heterocycles. The van der Waals surface area contributed by atoms with E-state index in [1.54, 1.807) is 23.7 Å². The van der Waals surface area contributed by atoms with Crippen LogP contribution in [0.1, 0.15) is 27.9 Å². The molecule has 0 atom stereocenters. The third kappa shape index (κ3) is 6.12. The SMILES string of the molecule is Cc1nn(Cc2noc(C(=O)NCCNC(=O)COc3ccc(Cl)cc3Cl)n2)c(C)c1Cl. The Kier molecular flexibility index (Phi) is 7.94. The monoisotopic (exact) mass is 500 g/mol. The van der Waals surface area contributed by atoms with Crippen molar-refractivity contribution in [1.82, 2.24) is 30.6 Å². The van der Waals surface area contributed by atoms with Gasteiger partial charge >= 0.3 is 11.8 Å². The van der Waals surface area contributed by atoms with E-state index < -0.39 is 5.91 Å². The lowest BCUT2D eigenvalue weighted by Crippen LogP contribution is -2.36. The second-order valence-electron chi connectivity index (χ2n) is 6.63. The number of hydrogen-bond donors (Lipinski definition) is 2. The number of nitrogens with one attached hydrogen (secondary N) is 2. The van der Waals surface area contributed by atoms with Crippen LogP contribution in [-0.4, -0.2) is 51.4 Å². The van der Waals surface area contributed by atoms with Gasteiger partial charge in [-0.05, 0) is 32.0 Å².